The van der Waals surface area contributed by atoms with E-state index in [9.17, 15) is 10.1 Å². The zero-order valence-corrected chi connectivity index (χ0v) is 11.6. The Bertz CT molecular complexity index is 856. The number of hydrogen-bond acceptors (Lipinski definition) is 2. The second kappa shape index (κ2) is 5.47. The lowest BCUT2D eigenvalue weighted by Crippen LogP contribution is -2.10. The average Bonchev–Trinajstić information content (AvgIpc) is 3.00. The highest BCUT2D eigenvalue weighted by Crippen LogP contribution is 2.25. The number of nitrogens with zero attached hydrogens (tertiary/aromatic N) is 2. The van der Waals surface area contributed by atoms with E-state index in [0.717, 1.165) is 11.1 Å². The molecule has 0 aliphatic carbocycles. The van der Waals surface area contributed by atoms with Crippen molar-refractivity contribution in [2.75, 3.05) is 0 Å². The van der Waals surface area contributed by atoms with Crippen LogP contribution in [0.4, 0.5) is 0 Å². The number of rotatable bonds is 3. The molecule has 0 bridgehead atoms. The molecule has 0 aliphatic heterocycles. The number of aromatic nitrogens is 1. The van der Waals surface area contributed by atoms with Crippen LogP contribution in [0, 0.1) is 23.5 Å². The molecule has 4 heteroatoms. The molecule has 104 valence electrons. The van der Waals surface area contributed by atoms with E-state index in [0.29, 0.717) is 11.3 Å². The smallest absolute Gasteiger partial charge is 0.257 e. The number of amides is 1. The van der Waals surface area contributed by atoms with E-state index in [1.165, 1.54) is 0 Å². The lowest BCUT2D eigenvalue weighted by molar-refractivity contribution is 0.100. The van der Waals surface area contributed by atoms with Crippen LogP contribution in [-0.2, 0) is 0 Å². The van der Waals surface area contributed by atoms with Crippen LogP contribution >= 0.6 is 0 Å². The van der Waals surface area contributed by atoms with E-state index in [-0.39, 0.29) is 5.56 Å². The van der Waals surface area contributed by atoms with Gasteiger partial charge in [0.05, 0.1) is 16.8 Å². The van der Waals surface area contributed by atoms with Gasteiger partial charge >= 0.3 is 0 Å². The standard InChI is InChI=1S/C18H11N3O/c19-10-15-11-21(12-17(15)13-4-2-1-3-5-13)16-8-6-14(7-9-16)18(20)22/h1-6,8,11-12H,(H2,20,22). The van der Waals surface area contributed by atoms with Gasteiger partial charge in [0.1, 0.15) is 6.07 Å². The summed E-state index contributed by atoms with van der Waals surface area (Å²) in [5.74, 6) is -0.544. The summed E-state index contributed by atoms with van der Waals surface area (Å²) in [4.78, 5) is 11.1. The predicted octanol–water partition coefficient (Wildman–Crippen LogP) is 2.72. The molecule has 22 heavy (non-hydrogen) atoms. The van der Waals surface area contributed by atoms with Gasteiger partial charge in [-0.25, -0.2) is 0 Å². The van der Waals surface area contributed by atoms with Crippen molar-refractivity contribution in [3.05, 3.63) is 78.1 Å². The first kappa shape index (κ1) is 13.5. The molecule has 0 unspecified atom stereocenters. The third-order valence-corrected chi connectivity index (χ3v) is 3.31. The van der Waals surface area contributed by atoms with Crippen LogP contribution in [0.25, 0.3) is 16.8 Å². The Balaban J connectivity index is 2.04. The van der Waals surface area contributed by atoms with Crippen molar-refractivity contribution in [2.24, 2.45) is 5.73 Å². The summed E-state index contributed by atoms with van der Waals surface area (Å²) >= 11 is 0. The molecular formula is C18H11N3O. The molecule has 0 spiro atoms. The maximum absolute atomic E-state index is 11.1. The molecule has 0 saturated carbocycles. The number of benzene rings is 1. The van der Waals surface area contributed by atoms with Gasteiger partial charge in [-0.2, -0.15) is 5.26 Å². The lowest BCUT2D eigenvalue weighted by Gasteiger charge is -1.99. The molecule has 4 nitrogen and oxygen atoms in total. The van der Waals surface area contributed by atoms with Gasteiger partial charge in [-0.05, 0) is 23.8 Å². The fourth-order valence-corrected chi connectivity index (χ4v) is 2.20. The van der Waals surface area contributed by atoms with Crippen LogP contribution < -0.4 is 5.73 Å². The largest absolute Gasteiger partial charge is 0.365 e. The van der Waals surface area contributed by atoms with Crippen molar-refractivity contribution >= 4 is 5.91 Å². The van der Waals surface area contributed by atoms with E-state index < -0.39 is 5.91 Å². The average molecular weight is 285 g/mol. The summed E-state index contributed by atoms with van der Waals surface area (Å²) in [5.41, 5.74) is 8.53. The second-order valence-electron chi connectivity index (χ2n) is 4.72. The molecule has 3 rings (SSSR count). The quantitative estimate of drug-likeness (QED) is 0.803. The number of hydrogen-bond donors (Lipinski definition) is 1. The first-order valence-corrected chi connectivity index (χ1v) is 6.61. The van der Waals surface area contributed by atoms with Crippen molar-refractivity contribution in [3.8, 4) is 22.9 Å². The molecule has 2 N–H and O–H groups in total. The van der Waals surface area contributed by atoms with Gasteiger partial charge in [-0.15, -0.1) is 0 Å². The van der Waals surface area contributed by atoms with Gasteiger partial charge in [0.25, 0.3) is 5.91 Å². The minimum Gasteiger partial charge on any atom is -0.365 e. The summed E-state index contributed by atoms with van der Waals surface area (Å²) in [6, 6.07) is 20.8. The first-order valence-electron chi connectivity index (χ1n) is 6.61. The Morgan fingerprint density at radius 3 is 2.45 bits per heavy atom. The van der Waals surface area contributed by atoms with Crippen LogP contribution in [0.15, 0.2) is 54.9 Å². The van der Waals surface area contributed by atoms with Crippen LogP contribution in [0.2, 0.25) is 0 Å². The zero-order chi connectivity index (χ0) is 15.5. The van der Waals surface area contributed by atoms with Crippen LogP contribution in [0.3, 0.4) is 0 Å². The van der Waals surface area contributed by atoms with Crippen molar-refractivity contribution in [3.63, 3.8) is 0 Å². The topological polar surface area (TPSA) is 71.8 Å². The van der Waals surface area contributed by atoms with Crippen LogP contribution in [-0.4, -0.2) is 10.5 Å². The first-order chi connectivity index (χ1) is 10.7. The van der Waals surface area contributed by atoms with E-state index in [1.807, 2.05) is 36.5 Å². The highest BCUT2D eigenvalue weighted by Gasteiger charge is 2.09. The van der Waals surface area contributed by atoms with Gasteiger partial charge in [0.2, 0.25) is 0 Å². The Labute approximate surface area is 128 Å². The lowest BCUT2D eigenvalue weighted by atomic mass is 10.1. The van der Waals surface area contributed by atoms with Crippen LogP contribution in [0.1, 0.15) is 15.9 Å². The monoisotopic (exact) mass is 285 g/mol. The summed E-state index contributed by atoms with van der Waals surface area (Å²) in [6.07, 6.45) is 3.59. The molecule has 1 aromatic heterocycles. The highest BCUT2D eigenvalue weighted by molar-refractivity contribution is 5.92. The molecule has 2 aromatic carbocycles. The SMILES string of the molecule is N#Cc1cn(-c2c#cc(C(N)=O)cc2)cc1-c1ccccc1. The Hall–Kier alpha value is -3.50. The van der Waals surface area contributed by atoms with Gasteiger partial charge in [-0.3, -0.25) is 4.79 Å². The van der Waals surface area contributed by atoms with Gasteiger partial charge < -0.3 is 10.3 Å². The second-order valence-corrected chi connectivity index (χ2v) is 4.72. The van der Waals surface area contributed by atoms with E-state index >= 15 is 0 Å². The number of nitrogens with two attached hydrogens (primary N) is 1. The molecule has 0 atom stereocenters. The summed E-state index contributed by atoms with van der Waals surface area (Å²) < 4.78 is 1.78. The van der Waals surface area contributed by atoms with Crippen molar-refractivity contribution in [1.29, 1.82) is 5.26 Å². The summed E-state index contributed by atoms with van der Waals surface area (Å²) in [7, 11) is 0. The zero-order valence-electron chi connectivity index (χ0n) is 11.6. The molecule has 0 radical (unpaired) electrons. The van der Waals surface area contributed by atoms with Crippen molar-refractivity contribution in [2.45, 2.75) is 0 Å². The number of carbonyl (C=O) groups excluding carboxylic acids is 1. The van der Waals surface area contributed by atoms with Gasteiger partial charge in [0, 0.05) is 18.0 Å². The van der Waals surface area contributed by atoms with Crippen LogP contribution in [0.5, 0.6) is 0 Å². The number of primary amides is 1. The number of nitriles is 1. The molecular weight excluding hydrogens is 274 g/mol. The molecule has 1 heterocycles. The minimum atomic E-state index is -0.544. The fraction of sp³-hybridized carbons (Fsp3) is 0. The summed E-state index contributed by atoms with van der Waals surface area (Å²) in [6.45, 7) is 0. The maximum atomic E-state index is 11.1. The van der Waals surface area contributed by atoms with Crippen molar-refractivity contribution < 1.29 is 4.79 Å². The molecule has 0 aliphatic rings. The maximum Gasteiger partial charge on any atom is 0.257 e. The fourth-order valence-electron chi connectivity index (χ4n) is 2.20. The van der Waals surface area contributed by atoms with E-state index in [4.69, 9.17) is 5.73 Å². The Kier molecular flexibility index (Phi) is 3.35. The molecule has 0 saturated heterocycles. The van der Waals surface area contributed by atoms with E-state index in [1.54, 1.807) is 22.9 Å². The number of carbonyl (C=O) groups is 1. The Morgan fingerprint density at radius 1 is 1.09 bits per heavy atom. The third kappa shape index (κ3) is 2.42. The van der Waals surface area contributed by atoms with E-state index in [2.05, 4.69) is 18.2 Å². The Morgan fingerprint density at radius 2 is 1.86 bits per heavy atom. The third-order valence-electron chi connectivity index (χ3n) is 3.31. The summed E-state index contributed by atoms with van der Waals surface area (Å²) in [5, 5.41) is 9.31. The van der Waals surface area contributed by atoms with Crippen molar-refractivity contribution in [1.82, 2.24) is 4.57 Å². The van der Waals surface area contributed by atoms with Gasteiger partial charge in [0.15, 0.2) is 0 Å². The molecule has 0 fully saturated rings. The predicted molar refractivity (Wildman–Crippen MR) is 82.1 cm³/mol. The highest BCUT2D eigenvalue weighted by atomic mass is 16.1. The minimum absolute atomic E-state index is 0.277. The van der Waals surface area contributed by atoms with Gasteiger partial charge in [-0.1, -0.05) is 36.4 Å². The molecule has 3 aromatic rings. The molecule has 1 amide bonds. The normalized spacial score (nSPS) is 9.77.